The summed E-state index contributed by atoms with van der Waals surface area (Å²) in [4.78, 5) is 15.3. The number of hydrogen-bond donors (Lipinski definition) is 3. The number of nitrogens with zero attached hydrogens (tertiary/aromatic N) is 1. The molecule has 1 amide bonds. The van der Waals surface area contributed by atoms with Crippen LogP contribution in [-0.4, -0.2) is 43.0 Å². The SMILES string of the molecule is CCC1NNCC1C(=O)NCC(c1ccccc1)N1CCCCCC1. The average molecular weight is 345 g/mol. The van der Waals surface area contributed by atoms with E-state index in [2.05, 4.69) is 58.3 Å². The summed E-state index contributed by atoms with van der Waals surface area (Å²) in [5.74, 6) is 0.186. The molecular weight excluding hydrogens is 312 g/mol. The van der Waals surface area contributed by atoms with Crippen molar-refractivity contribution in [2.24, 2.45) is 5.92 Å². The maximum atomic E-state index is 12.7. The molecule has 25 heavy (non-hydrogen) atoms. The predicted molar refractivity (Wildman–Crippen MR) is 101 cm³/mol. The number of carbonyl (C=O) groups excluding carboxylic acids is 1. The van der Waals surface area contributed by atoms with Gasteiger partial charge in [0, 0.05) is 19.1 Å². The van der Waals surface area contributed by atoms with Gasteiger partial charge in [-0.05, 0) is 37.9 Å². The van der Waals surface area contributed by atoms with Gasteiger partial charge in [0.25, 0.3) is 0 Å². The van der Waals surface area contributed by atoms with Crippen molar-refractivity contribution in [3.05, 3.63) is 35.9 Å². The molecule has 2 heterocycles. The van der Waals surface area contributed by atoms with E-state index in [4.69, 9.17) is 0 Å². The molecule has 1 aromatic carbocycles. The Morgan fingerprint density at radius 1 is 1.20 bits per heavy atom. The number of hydrogen-bond acceptors (Lipinski definition) is 4. The highest BCUT2D eigenvalue weighted by molar-refractivity contribution is 5.80. The highest BCUT2D eigenvalue weighted by Gasteiger charge is 2.32. The van der Waals surface area contributed by atoms with Gasteiger partial charge in [-0.25, -0.2) is 0 Å². The normalized spacial score (nSPS) is 26.1. The van der Waals surface area contributed by atoms with Gasteiger partial charge in [-0.3, -0.25) is 20.5 Å². The monoisotopic (exact) mass is 344 g/mol. The Bertz CT molecular complexity index is 528. The van der Waals surface area contributed by atoms with Gasteiger partial charge >= 0.3 is 0 Å². The molecule has 0 spiro atoms. The van der Waals surface area contributed by atoms with Crippen molar-refractivity contribution in [3.63, 3.8) is 0 Å². The molecule has 2 saturated heterocycles. The lowest BCUT2D eigenvalue weighted by atomic mass is 9.98. The van der Waals surface area contributed by atoms with Gasteiger partial charge < -0.3 is 5.32 Å². The van der Waals surface area contributed by atoms with Gasteiger partial charge in [-0.1, -0.05) is 50.1 Å². The molecule has 1 aromatic rings. The summed E-state index contributed by atoms with van der Waals surface area (Å²) in [7, 11) is 0. The first-order valence-electron chi connectivity index (χ1n) is 9.84. The third-order valence-corrected chi connectivity index (χ3v) is 5.61. The van der Waals surface area contributed by atoms with Crippen LogP contribution in [0, 0.1) is 5.92 Å². The van der Waals surface area contributed by atoms with Gasteiger partial charge in [-0.15, -0.1) is 0 Å². The first kappa shape index (κ1) is 18.4. The zero-order valence-electron chi connectivity index (χ0n) is 15.3. The molecule has 0 bridgehead atoms. The van der Waals surface area contributed by atoms with Crippen molar-refractivity contribution in [2.75, 3.05) is 26.2 Å². The lowest BCUT2D eigenvalue weighted by molar-refractivity contribution is -0.125. The fraction of sp³-hybridized carbons (Fsp3) is 0.650. The van der Waals surface area contributed by atoms with E-state index in [-0.39, 0.29) is 23.9 Å². The van der Waals surface area contributed by atoms with Gasteiger partial charge in [0.1, 0.15) is 0 Å². The third kappa shape index (κ3) is 4.81. The lowest BCUT2D eigenvalue weighted by Crippen LogP contribution is -2.43. The molecule has 0 aromatic heterocycles. The van der Waals surface area contributed by atoms with Crippen LogP contribution in [0.5, 0.6) is 0 Å². The topological polar surface area (TPSA) is 56.4 Å². The molecule has 3 atom stereocenters. The Labute approximate surface area is 151 Å². The molecule has 5 nitrogen and oxygen atoms in total. The second-order valence-corrected chi connectivity index (χ2v) is 7.27. The Kier molecular flexibility index (Phi) is 6.84. The summed E-state index contributed by atoms with van der Waals surface area (Å²) in [6, 6.07) is 11.1. The Hall–Kier alpha value is -1.43. The first-order chi connectivity index (χ1) is 12.3. The van der Waals surface area contributed by atoms with E-state index in [0.717, 1.165) is 19.5 Å². The number of amides is 1. The van der Waals surface area contributed by atoms with Crippen LogP contribution >= 0.6 is 0 Å². The number of hydrazine groups is 1. The van der Waals surface area contributed by atoms with Gasteiger partial charge in [0.15, 0.2) is 0 Å². The summed E-state index contributed by atoms with van der Waals surface area (Å²) in [5, 5.41) is 3.24. The Balaban J connectivity index is 1.66. The number of benzene rings is 1. The van der Waals surface area contributed by atoms with Crippen molar-refractivity contribution >= 4 is 5.91 Å². The summed E-state index contributed by atoms with van der Waals surface area (Å²) < 4.78 is 0. The minimum atomic E-state index is 0.0190. The molecule has 3 rings (SSSR count). The number of rotatable bonds is 6. The fourth-order valence-electron chi connectivity index (χ4n) is 4.07. The van der Waals surface area contributed by atoms with Crippen LogP contribution in [0.1, 0.15) is 50.6 Å². The summed E-state index contributed by atoms with van der Waals surface area (Å²) in [5.41, 5.74) is 7.64. The quantitative estimate of drug-likeness (QED) is 0.741. The smallest absolute Gasteiger partial charge is 0.226 e. The fourth-order valence-corrected chi connectivity index (χ4v) is 4.07. The van der Waals surface area contributed by atoms with Crippen LogP contribution in [0.3, 0.4) is 0 Å². The van der Waals surface area contributed by atoms with Crippen molar-refractivity contribution in [1.82, 2.24) is 21.1 Å². The van der Waals surface area contributed by atoms with Crippen molar-refractivity contribution < 1.29 is 4.79 Å². The van der Waals surface area contributed by atoms with Crippen LogP contribution < -0.4 is 16.2 Å². The molecular formula is C20H32N4O. The maximum absolute atomic E-state index is 12.7. The molecule has 5 heteroatoms. The van der Waals surface area contributed by atoms with Crippen LogP contribution in [0.15, 0.2) is 30.3 Å². The molecule has 0 aliphatic carbocycles. The number of nitrogens with one attached hydrogen (secondary N) is 3. The molecule has 2 fully saturated rings. The minimum absolute atomic E-state index is 0.0190. The van der Waals surface area contributed by atoms with Gasteiger partial charge in [-0.2, -0.15) is 0 Å². The Morgan fingerprint density at radius 2 is 1.92 bits per heavy atom. The third-order valence-electron chi connectivity index (χ3n) is 5.61. The van der Waals surface area contributed by atoms with E-state index in [9.17, 15) is 4.79 Å². The highest BCUT2D eigenvalue weighted by atomic mass is 16.2. The zero-order valence-corrected chi connectivity index (χ0v) is 15.3. The second-order valence-electron chi connectivity index (χ2n) is 7.27. The van der Waals surface area contributed by atoms with Crippen molar-refractivity contribution in [1.29, 1.82) is 0 Å². The van der Waals surface area contributed by atoms with E-state index in [1.165, 1.54) is 31.2 Å². The van der Waals surface area contributed by atoms with Crippen molar-refractivity contribution in [2.45, 2.75) is 51.1 Å². The van der Waals surface area contributed by atoms with Gasteiger partial charge in [0.05, 0.1) is 12.0 Å². The lowest BCUT2D eigenvalue weighted by Gasteiger charge is -2.31. The molecule has 2 aliphatic rings. The maximum Gasteiger partial charge on any atom is 0.226 e. The molecule has 0 radical (unpaired) electrons. The summed E-state index contributed by atoms with van der Waals surface area (Å²) in [6.45, 7) is 5.77. The standard InChI is InChI=1S/C20H32N4O/c1-2-18-17(14-22-23-18)20(25)21-15-19(16-10-6-5-7-11-16)24-12-8-3-4-9-13-24/h5-7,10-11,17-19,22-23H,2-4,8-9,12-15H2,1H3,(H,21,25). The summed E-state index contributed by atoms with van der Waals surface area (Å²) in [6.07, 6.45) is 6.11. The van der Waals surface area contributed by atoms with E-state index in [1.807, 2.05) is 0 Å². The van der Waals surface area contributed by atoms with E-state index in [0.29, 0.717) is 13.1 Å². The molecule has 0 saturated carbocycles. The number of carbonyl (C=O) groups is 1. The minimum Gasteiger partial charge on any atom is -0.354 e. The van der Waals surface area contributed by atoms with Crippen molar-refractivity contribution in [3.8, 4) is 0 Å². The molecule has 138 valence electrons. The zero-order chi connectivity index (χ0) is 17.5. The van der Waals surface area contributed by atoms with E-state index < -0.39 is 0 Å². The predicted octanol–water partition coefficient (Wildman–Crippen LogP) is 2.22. The van der Waals surface area contributed by atoms with Gasteiger partial charge in [0.2, 0.25) is 5.91 Å². The van der Waals surface area contributed by atoms with Crippen LogP contribution in [0.4, 0.5) is 0 Å². The second kappa shape index (κ2) is 9.32. The Morgan fingerprint density at radius 3 is 2.60 bits per heavy atom. The van der Waals surface area contributed by atoms with Crippen LogP contribution in [-0.2, 0) is 4.79 Å². The van der Waals surface area contributed by atoms with E-state index >= 15 is 0 Å². The van der Waals surface area contributed by atoms with Crippen LogP contribution in [0.25, 0.3) is 0 Å². The average Bonchev–Trinajstić information content (AvgIpc) is 2.98. The summed E-state index contributed by atoms with van der Waals surface area (Å²) >= 11 is 0. The highest BCUT2D eigenvalue weighted by Crippen LogP contribution is 2.24. The van der Waals surface area contributed by atoms with E-state index in [1.54, 1.807) is 0 Å². The molecule has 2 aliphatic heterocycles. The largest absolute Gasteiger partial charge is 0.354 e. The molecule has 3 unspecified atom stereocenters. The number of likely N-dealkylation sites (tertiary alicyclic amines) is 1. The van der Waals surface area contributed by atoms with Crippen LogP contribution in [0.2, 0.25) is 0 Å². The molecule has 3 N–H and O–H groups in total. The first-order valence-corrected chi connectivity index (χ1v) is 9.84.